The van der Waals surface area contributed by atoms with Crippen LogP contribution >= 0.6 is 27.3 Å². The zero-order valence-electron chi connectivity index (χ0n) is 20.7. The van der Waals surface area contributed by atoms with E-state index in [1.54, 1.807) is 60.7 Å². The molecule has 0 atom stereocenters. The molecule has 0 aliphatic carbocycles. The number of rotatable bonds is 7. The van der Waals surface area contributed by atoms with Crippen LogP contribution in [0.25, 0.3) is 21.0 Å². The standard InChI is InChI=1S/C30H20BrN3O4S2/c31-22-7-11-24(12-8-22)38-25-13-9-23(10-14-25)32-29(35)21-6-16-27-28(18-21)39-30(33-27)34-40(36,37)26-15-5-19-3-1-2-4-20(19)17-26/h1-18H,(H,32,35)(H,33,34). The average molecular weight is 631 g/mol. The van der Waals surface area contributed by atoms with E-state index >= 15 is 0 Å². The van der Waals surface area contributed by atoms with Gasteiger partial charge in [0.25, 0.3) is 15.9 Å². The van der Waals surface area contributed by atoms with Gasteiger partial charge in [-0.15, -0.1) is 0 Å². The summed E-state index contributed by atoms with van der Waals surface area (Å²) in [6, 6.07) is 32.2. The topological polar surface area (TPSA) is 97.4 Å². The van der Waals surface area contributed by atoms with Crippen molar-refractivity contribution >= 4 is 75.0 Å². The number of fused-ring (bicyclic) bond motifs is 2. The van der Waals surface area contributed by atoms with Gasteiger partial charge in [0.1, 0.15) is 11.5 Å². The Labute approximate surface area is 242 Å². The third-order valence-electron chi connectivity index (χ3n) is 6.07. The number of hydrogen-bond acceptors (Lipinski definition) is 6. The predicted octanol–water partition coefficient (Wildman–Crippen LogP) is 8.06. The molecule has 0 fully saturated rings. The van der Waals surface area contributed by atoms with Gasteiger partial charge >= 0.3 is 0 Å². The summed E-state index contributed by atoms with van der Waals surface area (Å²) in [5.74, 6) is 1.05. The van der Waals surface area contributed by atoms with Crippen LogP contribution in [0, 0.1) is 0 Å². The van der Waals surface area contributed by atoms with Gasteiger partial charge in [-0.05, 0) is 89.6 Å². The number of aromatic nitrogens is 1. The van der Waals surface area contributed by atoms with Crippen molar-refractivity contribution in [3.05, 3.63) is 119 Å². The Morgan fingerprint density at radius 2 is 1.50 bits per heavy atom. The monoisotopic (exact) mass is 629 g/mol. The lowest BCUT2D eigenvalue weighted by Gasteiger charge is -2.08. The smallest absolute Gasteiger partial charge is 0.263 e. The van der Waals surface area contributed by atoms with Crippen LogP contribution in [0.2, 0.25) is 0 Å². The van der Waals surface area contributed by atoms with E-state index in [9.17, 15) is 13.2 Å². The molecule has 198 valence electrons. The highest BCUT2D eigenvalue weighted by Crippen LogP contribution is 2.30. The number of nitrogens with zero attached hydrogens (tertiary/aromatic N) is 1. The fraction of sp³-hybridized carbons (Fsp3) is 0. The molecule has 6 rings (SSSR count). The zero-order chi connectivity index (χ0) is 27.7. The van der Waals surface area contributed by atoms with Gasteiger partial charge in [-0.3, -0.25) is 9.52 Å². The van der Waals surface area contributed by atoms with E-state index in [1.165, 1.54) is 0 Å². The largest absolute Gasteiger partial charge is 0.457 e. The van der Waals surface area contributed by atoms with Crippen molar-refractivity contribution in [2.75, 3.05) is 10.0 Å². The zero-order valence-corrected chi connectivity index (χ0v) is 23.9. The van der Waals surface area contributed by atoms with E-state index in [0.29, 0.717) is 33.0 Å². The molecular weight excluding hydrogens is 610 g/mol. The maximum Gasteiger partial charge on any atom is 0.263 e. The normalized spacial score (nSPS) is 11.4. The number of thiazole rings is 1. The van der Waals surface area contributed by atoms with Crippen LogP contribution in [0.15, 0.2) is 119 Å². The van der Waals surface area contributed by atoms with Gasteiger partial charge < -0.3 is 10.1 Å². The van der Waals surface area contributed by atoms with E-state index in [-0.39, 0.29) is 15.9 Å². The Bertz CT molecular complexity index is 1970. The highest BCUT2D eigenvalue weighted by Gasteiger charge is 2.18. The number of hydrogen-bond donors (Lipinski definition) is 2. The molecule has 0 unspecified atom stereocenters. The number of halogens is 1. The van der Waals surface area contributed by atoms with E-state index in [1.807, 2.05) is 48.5 Å². The first kappa shape index (κ1) is 26.0. The second kappa shape index (κ2) is 10.7. The molecular formula is C30H20BrN3O4S2. The second-order valence-electron chi connectivity index (χ2n) is 8.85. The summed E-state index contributed by atoms with van der Waals surface area (Å²) in [4.78, 5) is 17.5. The van der Waals surface area contributed by atoms with Gasteiger partial charge in [-0.2, -0.15) is 0 Å². The summed E-state index contributed by atoms with van der Waals surface area (Å²) >= 11 is 4.56. The molecule has 2 N–H and O–H groups in total. The number of ether oxygens (including phenoxy) is 1. The molecule has 6 aromatic rings. The van der Waals surface area contributed by atoms with E-state index in [2.05, 4.69) is 31.0 Å². The summed E-state index contributed by atoms with van der Waals surface area (Å²) in [7, 11) is -3.84. The van der Waals surface area contributed by atoms with Crippen LogP contribution in [0.3, 0.4) is 0 Å². The predicted molar refractivity (Wildman–Crippen MR) is 163 cm³/mol. The summed E-state index contributed by atoms with van der Waals surface area (Å²) in [5.41, 5.74) is 1.63. The Hall–Kier alpha value is -4.25. The van der Waals surface area contributed by atoms with Gasteiger partial charge in [-0.1, -0.05) is 57.6 Å². The highest BCUT2D eigenvalue weighted by atomic mass is 79.9. The molecule has 0 aliphatic heterocycles. The minimum absolute atomic E-state index is 0.152. The SMILES string of the molecule is O=C(Nc1ccc(Oc2ccc(Br)cc2)cc1)c1ccc2nc(NS(=O)(=O)c3ccc4ccccc4c3)sc2c1. The average Bonchev–Trinajstić information content (AvgIpc) is 3.36. The Balaban J connectivity index is 1.15. The Morgan fingerprint density at radius 1 is 0.800 bits per heavy atom. The van der Waals surface area contributed by atoms with Gasteiger partial charge in [-0.25, -0.2) is 13.4 Å². The molecule has 0 bridgehead atoms. The lowest BCUT2D eigenvalue weighted by molar-refractivity contribution is 0.102. The van der Waals surface area contributed by atoms with Gasteiger partial charge in [0, 0.05) is 15.7 Å². The lowest BCUT2D eigenvalue weighted by Crippen LogP contribution is -2.12. The summed E-state index contributed by atoms with van der Waals surface area (Å²) < 4.78 is 36.1. The maximum atomic E-state index is 13.0. The quantitative estimate of drug-likeness (QED) is 0.186. The van der Waals surface area contributed by atoms with Crippen molar-refractivity contribution in [1.82, 2.24) is 4.98 Å². The van der Waals surface area contributed by atoms with Crippen LogP contribution in [0.4, 0.5) is 10.8 Å². The van der Waals surface area contributed by atoms with Crippen LogP contribution in [0.1, 0.15) is 10.4 Å². The van der Waals surface area contributed by atoms with Crippen molar-refractivity contribution in [3.63, 3.8) is 0 Å². The van der Waals surface area contributed by atoms with Crippen LogP contribution < -0.4 is 14.8 Å². The van der Waals surface area contributed by atoms with Crippen molar-refractivity contribution < 1.29 is 17.9 Å². The Kier molecular flexibility index (Phi) is 6.97. The molecule has 40 heavy (non-hydrogen) atoms. The number of amides is 1. The molecule has 1 aromatic heterocycles. The number of benzene rings is 5. The van der Waals surface area contributed by atoms with Crippen LogP contribution in [-0.2, 0) is 10.0 Å². The molecule has 0 radical (unpaired) electrons. The first-order chi connectivity index (χ1) is 19.3. The number of sulfonamides is 1. The number of carbonyl (C=O) groups is 1. The summed E-state index contributed by atoms with van der Waals surface area (Å²) in [6.45, 7) is 0. The fourth-order valence-electron chi connectivity index (χ4n) is 4.07. The molecule has 1 amide bonds. The molecule has 5 aromatic carbocycles. The molecule has 10 heteroatoms. The minimum Gasteiger partial charge on any atom is -0.457 e. The van der Waals surface area contributed by atoms with E-state index in [4.69, 9.17) is 4.74 Å². The first-order valence-electron chi connectivity index (χ1n) is 12.1. The molecule has 0 spiro atoms. The van der Waals surface area contributed by atoms with Gasteiger partial charge in [0.05, 0.1) is 15.1 Å². The van der Waals surface area contributed by atoms with E-state index in [0.717, 1.165) is 26.6 Å². The molecule has 0 saturated heterocycles. The maximum absolute atomic E-state index is 13.0. The molecule has 7 nitrogen and oxygen atoms in total. The highest BCUT2D eigenvalue weighted by molar-refractivity contribution is 9.10. The van der Waals surface area contributed by atoms with Crippen molar-refractivity contribution in [3.8, 4) is 11.5 Å². The van der Waals surface area contributed by atoms with Crippen LogP contribution in [0.5, 0.6) is 11.5 Å². The van der Waals surface area contributed by atoms with Crippen LogP contribution in [-0.4, -0.2) is 19.3 Å². The fourth-order valence-corrected chi connectivity index (χ4v) is 6.51. The summed E-state index contributed by atoms with van der Waals surface area (Å²) in [6.07, 6.45) is 0. The van der Waals surface area contributed by atoms with Crippen molar-refractivity contribution in [1.29, 1.82) is 0 Å². The van der Waals surface area contributed by atoms with Gasteiger partial charge in [0.2, 0.25) is 0 Å². The molecule has 0 saturated carbocycles. The molecule has 0 aliphatic rings. The second-order valence-corrected chi connectivity index (χ2v) is 12.5. The van der Waals surface area contributed by atoms with E-state index < -0.39 is 10.0 Å². The van der Waals surface area contributed by atoms with Crippen molar-refractivity contribution in [2.24, 2.45) is 0 Å². The minimum atomic E-state index is -3.84. The first-order valence-corrected chi connectivity index (χ1v) is 15.2. The number of nitrogens with one attached hydrogen (secondary N) is 2. The number of anilines is 2. The third kappa shape index (κ3) is 5.69. The molecule has 1 heterocycles. The summed E-state index contributed by atoms with van der Waals surface area (Å²) in [5, 5.41) is 4.89. The number of carbonyl (C=O) groups excluding carboxylic acids is 1. The van der Waals surface area contributed by atoms with Gasteiger partial charge in [0.15, 0.2) is 5.13 Å². The third-order valence-corrected chi connectivity index (χ3v) is 8.99. The lowest BCUT2D eigenvalue weighted by atomic mass is 10.1. The van der Waals surface area contributed by atoms with Crippen molar-refractivity contribution in [2.45, 2.75) is 4.90 Å². The Morgan fingerprint density at radius 3 is 2.25 bits per heavy atom.